The largest absolute Gasteiger partial charge is 0.481 e. The molecule has 0 amide bonds. The molecule has 8 heteroatoms. The van der Waals surface area contributed by atoms with Crippen LogP contribution >= 0.6 is 11.3 Å². The second kappa shape index (κ2) is 5.83. The number of aromatic nitrogens is 1. The smallest absolute Gasteiger partial charge is 0.319 e. The summed E-state index contributed by atoms with van der Waals surface area (Å²) in [6.45, 7) is 1.90. The van der Waals surface area contributed by atoms with Crippen LogP contribution in [0, 0.1) is 16.0 Å². The molecule has 0 aliphatic rings. The van der Waals surface area contributed by atoms with Crippen molar-refractivity contribution in [3.8, 4) is 0 Å². The number of anilines is 1. The summed E-state index contributed by atoms with van der Waals surface area (Å²) in [4.78, 5) is 25.7. The zero-order chi connectivity index (χ0) is 14.7. The van der Waals surface area contributed by atoms with E-state index in [1.165, 1.54) is 11.3 Å². The number of benzene rings is 1. The van der Waals surface area contributed by atoms with Crippen molar-refractivity contribution in [1.82, 2.24) is 4.98 Å². The van der Waals surface area contributed by atoms with Gasteiger partial charge in [0.1, 0.15) is 5.69 Å². The van der Waals surface area contributed by atoms with Crippen LogP contribution in [-0.4, -0.2) is 27.5 Å². The van der Waals surface area contributed by atoms with Crippen molar-refractivity contribution in [3.05, 3.63) is 27.8 Å². The van der Waals surface area contributed by atoms with Gasteiger partial charge in [0.05, 0.1) is 21.1 Å². The molecule has 7 nitrogen and oxygen atoms in total. The molecule has 0 bridgehead atoms. The third-order valence-electron chi connectivity index (χ3n) is 3.04. The molecule has 0 fully saturated rings. The zero-order valence-electron chi connectivity index (χ0n) is 10.7. The van der Waals surface area contributed by atoms with Gasteiger partial charge in [0.15, 0.2) is 5.52 Å². The third kappa shape index (κ3) is 2.69. The van der Waals surface area contributed by atoms with Crippen molar-refractivity contribution in [1.29, 1.82) is 0 Å². The molecule has 0 aliphatic carbocycles. The Hall–Kier alpha value is -2.22. The van der Waals surface area contributed by atoms with Crippen LogP contribution in [0.1, 0.15) is 13.3 Å². The molecule has 1 aromatic heterocycles. The number of rotatable bonds is 6. The van der Waals surface area contributed by atoms with Gasteiger partial charge in [-0.2, -0.15) is 0 Å². The fourth-order valence-electron chi connectivity index (χ4n) is 1.88. The van der Waals surface area contributed by atoms with E-state index >= 15 is 0 Å². The van der Waals surface area contributed by atoms with Crippen LogP contribution in [0.4, 0.5) is 11.4 Å². The number of nitrogens with zero attached hydrogens (tertiary/aromatic N) is 2. The molecular formula is C12H13N3O4S. The summed E-state index contributed by atoms with van der Waals surface area (Å²) < 4.78 is 0.729. The fraction of sp³-hybridized carbons (Fsp3) is 0.333. The summed E-state index contributed by atoms with van der Waals surface area (Å²) in [7, 11) is 0. The van der Waals surface area contributed by atoms with Gasteiger partial charge in [0, 0.05) is 6.54 Å². The van der Waals surface area contributed by atoms with Gasteiger partial charge >= 0.3 is 11.7 Å². The Kier molecular flexibility index (Phi) is 4.14. The van der Waals surface area contributed by atoms with Gasteiger partial charge in [-0.05, 0) is 18.6 Å². The number of aliphatic carboxylic acids is 1. The number of carboxylic acids is 1. The predicted molar refractivity (Wildman–Crippen MR) is 76.2 cm³/mol. The molecule has 0 radical (unpaired) electrons. The molecule has 0 spiro atoms. The summed E-state index contributed by atoms with van der Waals surface area (Å²) in [6.07, 6.45) is 0.453. The number of carbonyl (C=O) groups is 1. The number of thiazole rings is 1. The molecule has 1 heterocycles. The van der Waals surface area contributed by atoms with Gasteiger partial charge in [0.25, 0.3) is 0 Å². The molecule has 106 valence electrons. The van der Waals surface area contributed by atoms with Gasteiger partial charge in [-0.25, -0.2) is 4.98 Å². The van der Waals surface area contributed by atoms with Crippen molar-refractivity contribution in [2.45, 2.75) is 13.3 Å². The highest BCUT2D eigenvalue weighted by Gasteiger charge is 2.22. The topological polar surface area (TPSA) is 105 Å². The first-order valence-electron chi connectivity index (χ1n) is 6.01. The van der Waals surface area contributed by atoms with Gasteiger partial charge in [-0.3, -0.25) is 14.9 Å². The lowest BCUT2D eigenvalue weighted by Crippen LogP contribution is -2.22. The van der Waals surface area contributed by atoms with Gasteiger partial charge in [0.2, 0.25) is 0 Å². The molecule has 1 atom stereocenters. The van der Waals surface area contributed by atoms with E-state index < -0.39 is 16.8 Å². The van der Waals surface area contributed by atoms with E-state index in [0.717, 1.165) is 4.70 Å². The molecule has 20 heavy (non-hydrogen) atoms. The Morgan fingerprint density at radius 3 is 2.95 bits per heavy atom. The maximum atomic E-state index is 11.2. The lowest BCUT2D eigenvalue weighted by atomic mass is 10.1. The van der Waals surface area contributed by atoms with Gasteiger partial charge < -0.3 is 10.4 Å². The Balaban J connectivity index is 2.32. The van der Waals surface area contributed by atoms with Crippen LogP contribution < -0.4 is 5.32 Å². The summed E-state index contributed by atoms with van der Waals surface area (Å²) in [5, 5.41) is 23.0. The Morgan fingerprint density at radius 1 is 1.60 bits per heavy atom. The zero-order valence-corrected chi connectivity index (χ0v) is 11.5. The van der Waals surface area contributed by atoms with E-state index in [-0.39, 0.29) is 12.2 Å². The van der Waals surface area contributed by atoms with E-state index in [1.807, 2.05) is 0 Å². The van der Waals surface area contributed by atoms with Crippen molar-refractivity contribution >= 4 is 38.9 Å². The first-order valence-corrected chi connectivity index (χ1v) is 6.89. The molecule has 0 aliphatic heterocycles. The maximum Gasteiger partial charge on any atom is 0.319 e. The number of nitro groups is 1. The number of carboxylic acid groups (broad SMARTS) is 1. The Labute approximate surface area is 118 Å². The molecule has 2 N–H and O–H groups in total. The number of hydrogen-bond acceptors (Lipinski definition) is 6. The van der Waals surface area contributed by atoms with Crippen LogP contribution in [0.2, 0.25) is 0 Å². The summed E-state index contributed by atoms with van der Waals surface area (Å²) >= 11 is 1.32. The van der Waals surface area contributed by atoms with Crippen molar-refractivity contribution < 1.29 is 14.8 Å². The SMILES string of the molecule is CCC(CNc1ccc2scnc2c1[N+](=O)[O-])C(=O)O. The average molecular weight is 295 g/mol. The first-order chi connectivity index (χ1) is 9.54. The van der Waals surface area contributed by atoms with Crippen LogP contribution in [0.5, 0.6) is 0 Å². The monoisotopic (exact) mass is 295 g/mol. The van der Waals surface area contributed by atoms with Crippen LogP contribution in [0.25, 0.3) is 10.2 Å². The second-order valence-electron chi connectivity index (χ2n) is 4.24. The van der Waals surface area contributed by atoms with Gasteiger partial charge in [-0.15, -0.1) is 11.3 Å². The Morgan fingerprint density at radius 2 is 2.35 bits per heavy atom. The fourth-order valence-corrected chi connectivity index (χ4v) is 2.56. The minimum absolute atomic E-state index is 0.107. The molecule has 0 saturated heterocycles. The molecule has 1 aromatic carbocycles. The second-order valence-corrected chi connectivity index (χ2v) is 5.13. The van der Waals surface area contributed by atoms with Crippen LogP contribution in [0.15, 0.2) is 17.6 Å². The minimum Gasteiger partial charge on any atom is -0.481 e. The van der Waals surface area contributed by atoms with Crippen LogP contribution in [-0.2, 0) is 4.79 Å². The van der Waals surface area contributed by atoms with E-state index in [0.29, 0.717) is 17.6 Å². The highest BCUT2D eigenvalue weighted by molar-refractivity contribution is 7.16. The van der Waals surface area contributed by atoms with Crippen molar-refractivity contribution in [3.63, 3.8) is 0 Å². The molecule has 1 unspecified atom stereocenters. The highest BCUT2D eigenvalue weighted by atomic mass is 32.1. The highest BCUT2D eigenvalue weighted by Crippen LogP contribution is 2.34. The standard InChI is InChI=1S/C12H13N3O4S/c1-2-7(12(16)17)5-13-8-3-4-9-10(14-6-20-9)11(8)15(18)19/h3-4,6-7,13H,2,5H2,1H3,(H,16,17). The molecule has 2 rings (SSSR count). The quantitative estimate of drug-likeness (QED) is 0.627. The molecule has 0 saturated carbocycles. The number of nitro benzene ring substituents is 1. The maximum absolute atomic E-state index is 11.2. The van der Waals surface area contributed by atoms with Crippen molar-refractivity contribution in [2.75, 3.05) is 11.9 Å². The molecular weight excluding hydrogens is 282 g/mol. The van der Waals surface area contributed by atoms with E-state index in [9.17, 15) is 14.9 Å². The average Bonchev–Trinajstić information content (AvgIpc) is 2.86. The minimum atomic E-state index is -0.919. The van der Waals surface area contributed by atoms with E-state index in [1.54, 1.807) is 24.6 Å². The predicted octanol–water partition coefficient (Wildman–Crippen LogP) is 2.73. The third-order valence-corrected chi connectivity index (χ3v) is 3.83. The number of nitrogens with one attached hydrogen (secondary N) is 1. The molecule has 2 aromatic rings. The number of fused-ring (bicyclic) bond motifs is 1. The summed E-state index contributed by atoms with van der Waals surface area (Å²) in [6, 6.07) is 3.33. The lowest BCUT2D eigenvalue weighted by molar-refractivity contribution is -0.382. The van der Waals surface area contributed by atoms with Gasteiger partial charge in [-0.1, -0.05) is 6.92 Å². The summed E-state index contributed by atoms with van der Waals surface area (Å²) in [5.74, 6) is -1.50. The van der Waals surface area contributed by atoms with E-state index in [2.05, 4.69) is 10.3 Å². The lowest BCUT2D eigenvalue weighted by Gasteiger charge is -2.12. The van der Waals surface area contributed by atoms with Crippen LogP contribution in [0.3, 0.4) is 0 Å². The normalized spacial score (nSPS) is 12.2. The Bertz CT molecular complexity index is 655. The number of hydrogen-bond donors (Lipinski definition) is 2. The summed E-state index contributed by atoms with van der Waals surface area (Å²) in [5.41, 5.74) is 2.07. The first kappa shape index (κ1) is 14.2. The van der Waals surface area contributed by atoms with Crippen molar-refractivity contribution in [2.24, 2.45) is 5.92 Å². The van der Waals surface area contributed by atoms with E-state index in [4.69, 9.17) is 5.11 Å².